The Hall–Kier alpha value is -0.160. The summed E-state index contributed by atoms with van der Waals surface area (Å²) in [7, 11) is 0. The normalized spacial score (nSPS) is 35.8. The van der Waals surface area contributed by atoms with Gasteiger partial charge in [0.05, 0.1) is 25.4 Å². The molecule has 2 saturated carbocycles. The molecule has 2 aliphatic carbocycles. The molecule has 1 spiro atoms. The lowest BCUT2D eigenvalue weighted by atomic mass is 9.83. The minimum atomic E-state index is -0.458. The summed E-state index contributed by atoms with van der Waals surface area (Å²) in [6, 6.07) is 0. The van der Waals surface area contributed by atoms with Crippen LogP contribution in [0.25, 0.3) is 0 Å². The van der Waals surface area contributed by atoms with Gasteiger partial charge in [-0.3, -0.25) is 0 Å². The molecule has 3 rings (SSSR count). The summed E-state index contributed by atoms with van der Waals surface area (Å²) in [4.78, 5) is 0. The molecule has 1 heterocycles. The zero-order valence-electron chi connectivity index (χ0n) is 11.0. The average molecular weight is 256 g/mol. The van der Waals surface area contributed by atoms with Gasteiger partial charge in [0, 0.05) is 19.4 Å². The Bertz CT molecular complexity index is 271. The fourth-order valence-corrected chi connectivity index (χ4v) is 3.20. The van der Waals surface area contributed by atoms with Crippen molar-refractivity contribution < 1.29 is 19.3 Å². The highest BCUT2D eigenvalue weighted by molar-refractivity contribution is 4.88. The summed E-state index contributed by atoms with van der Waals surface area (Å²) < 4.78 is 17.3. The Labute approximate surface area is 109 Å². The van der Waals surface area contributed by atoms with Crippen molar-refractivity contribution in [3.05, 3.63) is 0 Å². The van der Waals surface area contributed by atoms with E-state index in [-0.39, 0.29) is 12.2 Å². The molecule has 4 nitrogen and oxygen atoms in total. The van der Waals surface area contributed by atoms with Crippen molar-refractivity contribution in [3.63, 3.8) is 0 Å². The molecule has 1 saturated heterocycles. The maximum atomic E-state index is 10.0. The van der Waals surface area contributed by atoms with Gasteiger partial charge >= 0.3 is 0 Å². The van der Waals surface area contributed by atoms with Crippen LogP contribution in [0.3, 0.4) is 0 Å². The van der Waals surface area contributed by atoms with Crippen LogP contribution in [0.2, 0.25) is 0 Å². The van der Waals surface area contributed by atoms with Gasteiger partial charge in [0.2, 0.25) is 0 Å². The fraction of sp³-hybridized carbons (Fsp3) is 1.00. The molecule has 1 aliphatic heterocycles. The summed E-state index contributed by atoms with van der Waals surface area (Å²) in [6.45, 7) is 2.11. The molecule has 2 atom stereocenters. The predicted molar refractivity (Wildman–Crippen MR) is 66.2 cm³/mol. The molecule has 104 valence electrons. The lowest BCUT2D eigenvalue weighted by Crippen LogP contribution is -2.46. The zero-order chi connectivity index (χ0) is 12.4. The molecule has 18 heavy (non-hydrogen) atoms. The molecule has 4 heteroatoms. The van der Waals surface area contributed by atoms with Crippen molar-refractivity contribution in [2.75, 3.05) is 19.8 Å². The molecular weight excluding hydrogens is 232 g/mol. The van der Waals surface area contributed by atoms with Gasteiger partial charge in [-0.2, -0.15) is 0 Å². The van der Waals surface area contributed by atoms with Crippen molar-refractivity contribution in [2.45, 2.75) is 62.9 Å². The molecule has 3 fully saturated rings. The van der Waals surface area contributed by atoms with Crippen LogP contribution in [0.1, 0.15) is 44.9 Å². The predicted octanol–water partition coefficient (Wildman–Crippen LogP) is 1.85. The van der Waals surface area contributed by atoms with Gasteiger partial charge in [-0.1, -0.05) is 19.3 Å². The molecular formula is C14H24O4. The summed E-state index contributed by atoms with van der Waals surface area (Å²) in [5, 5.41) is 10.0. The molecule has 3 aliphatic rings. The number of aliphatic hydroxyl groups is 1. The summed E-state index contributed by atoms with van der Waals surface area (Å²) in [5.41, 5.74) is 0. The van der Waals surface area contributed by atoms with E-state index >= 15 is 0 Å². The van der Waals surface area contributed by atoms with Crippen molar-refractivity contribution in [1.82, 2.24) is 0 Å². The van der Waals surface area contributed by atoms with Crippen molar-refractivity contribution in [3.8, 4) is 0 Å². The van der Waals surface area contributed by atoms with Crippen LogP contribution in [-0.4, -0.2) is 42.9 Å². The standard InChI is InChI=1S/C14H24O4/c15-12-4-6-14(17-8-9-18-14)10-13(12)16-7-5-11-2-1-3-11/h11-13,15H,1-10H2. The Morgan fingerprint density at radius 3 is 2.61 bits per heavy atom. The van der Waals surface area contributed by atoms with Crippen molar-refractivity contribution in [1.29, 1.82) is 0 Å². The van der Waals surface area contributed by atoms with Crippen LogP contribution in [0.15, 0.2) is 0 Å². The van der Waals surface area contributed by atoms with E-state index in [1.54, 1.807) is 0 Å². The first-order chi connectivity index (χ1) is 8.77. The smallest absolute Gasteiger partial charge is 0.171 e. The number of ether oxygens (including phenoxy) is 3. The van der Waals surface area contributed by atoms with Gasteiger partial charge in [0.1, 0.15) is 0 Å². The summed E-state index contributed by atoms with van der Waals surface area (Å²) >= 11 is 0. The monoisotopic (exact) mass is 256 g/mol. The van der Waals surface area contributed by atoms with Crippen molar-refractivity contribution in [2.24, 2.45) is 5.92 Å². The second-order valence-corrected chi connectivity index (χ2v) is 5.91. The first-order valence-electron chi connectivity index (χ1n) is 7.35. The minimum absolute atomic E-state index is 0.114. The second-order valence-electron chi connectivity index (χ2n) is 5.91. The van der Waals surface area contributed by atoms with Gasteiger partial charge in [0.25, 0.3) is 0 Å². The lowest BCUT2D eigenvalue weighted by Gasteiger charge is -2.39. The Kier molecular flexibility index (Phi) is 3.89. The van der Waals surface area contributed by atoms with E-state index in [0.29, 0.717) is 26.1 Å². The van der Waals surface area contributed by atoms with E-state index in [0.717, 1.165) is 25.4 Å². The second kappa shape index (κ2) is 5.45. The number of rotatable bonds is 4. The molecule has 0 aromatic heterocycles. The van der Waals surface area contributed by atoms with E-state index < -0.39 is 5.79 Å². The molecule has 0 radical (unpaired) electrons. The van der Waals surface area contributed by atoms with E-state index in [2.05, 4.69) is 0 Å². The van der Waals surface area contributed by atoms with E-state index in [1.807, 2.05) is 0 Å². The first kappa shape index (κ1) is 12.9. The van der Waals surface area contributed by atoms with E-state index in [4.69, 9.17) is 14.2 Å². The Balaban J connectivity index is 1.46. The van der Waals surface area contributed by atoms with Crippen LogP contribution < -0.4 is 0 Å². The molecule has 0 amide bonds. The van der Waals surface area contributed by atoms with E-state index in [1.165, 1.54) is 19.3 Å². The average Bonchev–Trinajstić information content (AvgIpc) is 2.75. The van der Waals surface area contributed by atoms with Crippen LogP contribution >= 0.6 is 0 Å². The Morgan fingerprint density at radius 2 is 1.94 bits per heavy atom. The van der Waals surface area contributed by atoms with Gasteiger partial charge in [0.15, 0.2) is 5.79 Å². The third kappa shape index (κ3) is 2.72. The van der Waals surface area contributed by atoms with Crippen LogP contribution in [0.4, 0.5) is 0 Å². The summed E-state index contributed by atoms with van der Waals surface area (Å²) in [6.07, 6.45) is 6.93. The number of aliphatic hydroxyl groups excluding tert-OH is 1. The highest BCUT2D eigenvalue weighted by atomic mass is 16.7. The quantitative estimate of drug-likeness (QED) is 0.834. The Morgan fingerprint density at radius 1 is 1.17 bits per heavy atom. The largest absolute Gasteiger partial charge is 0.390 e. The van der Waals surface area contributed by atoms with E-state index in [9.17, 15) is 5.11 Å². The van der Waals surface area contributed by atoms with Crippen LogP contribution in [-0.2, 0) is 14.2 Å². The maximum Gasteiger partial charge on any atom is 0.171 e. The van der Waals surface area contributed by atoms with Crippen LogP contribution in [0, 0.1) is 5.92 Å². The maximum absolute atomic E-state index is 10.0. The van der Waals surface area contributed by atoms with Crippen LogP contribution in [0.5, 0.6) is 0 Å². The fourth-order valence-electron chi connectivity index (χ4n) is 3.20. The van der Waals surface area contributed by atoms with Gasteiger partial charge in [-0.25, -0.2) is 0 Å². The highest BCUT2D eigenvalue weighted by Gasteiger charge is 2.45. The molecule has 0 aromatic rings. The minimum Gasteiger partial charge on any atom is -0.390 e. The molecule has 0 aromatic carbocycles. The molecule has 1 N–H and O–H groups in total. The van der Waals surface area contributed by atoms with Gasteiger partial charge < -0.3 is 19.3 Å². The van der Waals surface area contributed by atoms with Gasteiger partial charge in [-0.05, 0) is 18.8 Å². The zero-order valence-corrected chi connectivity index (χ0v) is 11.0. The molecule has 0 bridgehead atoms. The first-order valence-corrected chi connectivity index (χ1v) is 7.35. The third-order valence-corrected chi connectivity index (χ3v) is 4.66. The SMILES string of the molecule is OC1CCC2(CC1OCCC1CCC1)OCCO2. The van der Waals surface area contributed by atoms with Gasteiger partial charge in [-0.15, -0.1) is 0 Å². The highest BCUT2D eigenvalue weighted by Crippen LogP contribution is 2.37. The van der Waals surface area contributed by atoms with Crippen molar-refractivity contribution >= 4 is 0 Å². The summed E-state index contributed by atoms with van der Waals surface area (Å²) in [5.74, 6) is 0.402. The molecule has 2 unspecified atom stereocenters. The number of hydrogen-bond donors (Lipinski definition) is 1. The topological polar surface area (TPSA) is 47.9 Å². The lowest BCUT2D eigenvalue weighted by molar-refractivity contribution is -0.222. The third-order valence-electron chi connectivity index (χ3n) is 4.66. The number of hydrogen-bond acceptors (Lipinski definition) is 4.